The van der Waals surface area contributed by atoms with Crippen LogP contribution in [0.2, 0.25) is 0 Å². The van der Waals surface area contributed by atoms with Crippen LogP contribution in [-0.2, 0) is 6.54 Å². The van der Waals surface area contributed by atoms with Gasteiger partial charge in [-0.2, -0.15) is 0 Å². The summed E-state index contributed by atoms with van der Waals surface area (Å²) in [6.45, 7) is 2.89. The molecule has 1 aromatic heterocycles. The molecule has 0 atom stereocenters. The van der Waals surface area contributed by atoms with Crippen LogP contribution < -0.4 is 0 Å². The van der Waals surface area contributed by atoms with Crippen molar-refractivity contribution in [2.75, 3.05) is 0 Å². The molecule has 0 spiro atoms. The third-order valence-electron chi connectivity index (χ3n) is 2.28. The summed E-state index contributed by atoms with van der Waals surface area (Å²) >= 11 is 3.13. The van der Waals surface area contributed by atoms with Gasteiger partial charge in [0.25, 0.3) is 0 Å². The van der Waals surface area contributed by atoms with Crippen LogP contribution >= 0.6 is 15.9 Å². The summed E-state index contributed by atoms with van der Waals surface area (Å²) in [7, 11) is 0. The Hall–Kier alpha value is -0.970. The van der Waals surface area contributed by atoms with Crippen LogP contribution in [0, 0.1) is 5.82 Å². The van der Waals surface area contributed by atoms with Crippen molar-refractivity contribution in [3.8, 4) is 0 Å². The minimum Gasteiger partial charge on any atom is -0.245 e. The number of benzene rings is 1. The highest BCUT2D eigenvalue weighted by atomic mass is 79.9. The molecular formula is C10H11BrFN3. The highest BCUT2D eigenvalue weighted by Crippen LogP contribution is 2.21. The minimum absolute atomic E-state index is 0.275. The van der Waals surface area contributed by atoms with E-state index in [1.807, 2.05) is 0 Å². The Morgan fingerprint density at radius 3 is 3.00 bits per heavy atom. The van der Waals surface area contributed by atoms with Crippen LogP contribution in [0.1, 0.15) is 19.8 Å². The molecule has 0 aliphatic heterocycles. The molecule has 5 heteroatoms. The lowest BCUT2D eigenvalue weighted by molar-refractivity contribution is 0.565. The average Bonchev–Trinajstić information content (AvgIpc) is 2.59. The van der Waals surface area contributed by atoms with Gasteiger partial charge in [0.1, 0.15) is 11.3 Å². The normalized spacial score (nSPS) is 11.1. The van der Waals surface area contributed by atoms with Crippen molar-refractivity contribution in [3.05, 3.63) is 22.4 Å². The van der Waals surface area contributed by atoms with Crippen LogP contribution in [0.4, 0.5) is 4.39 Å². The first-order chi connectivity index (χ1) is 7.22. The van der Waals surface area contributed by atoms with Gasteiger partial charge in [0.05, 0.1) is 9.99 Å². The zero-order valence-corrected chi connectivity index (χ0v) is 9.96. The molecule has 0 N–H and O–H groups in total. The smallest absolute Gasteiger partial charge is 0.139 e. The molecule has 0 bridgehead atoms. The van der Waals surface area contributed by atoms with E-state index in [2.05, 4.69) is 33.2 Å². The second-order valence-electron chi connectivity index (χ2n) is 3.42. The first-order valence-electron chi connectivity index (χ1n) is 4.90. The maximum Gasteiger partial charge on any atom is 0.139 e. The van der Waals surface area contributed by atoms with Gasteiger partial charge in [-0.3, -0.25) is 0 Å². The van der Waals surface area contributed by atoms with Crippen LogP contribution in [0.5, 0.6) is 0 Å². The van der Waals surface area contributed by atoms with Gasteiger partial charge in [-0.15, -0.1) is 5.10 Å². The first kappa shape index (κ1) is 10.5. The summed E-state index contributed by atoms with van der Waals surface area (Å²) in [4.78, 5) is 0. The highest BCUT2D eigenvalue weighted by Gasteiger charge is 2.08. The molecule has 0 fully saturated rings. The van der Waals surface area contributed by atoms with Gasteiger partial charge in [-0.1, -0.05) is 18.6 Å². The summed E-state index contributed by atoms with van der Waals surface area (Å²) in [6.07, 6.45) is 2.11. The first-order valence-corrected chi connectivity index (χ1v) is 5.70. The van der Waals surface area contributed by atoms with Gasteiger partial charge in [0.15, 0.2) is 0 Å². The lowest BCUT2D eigenvalue weighted by atomic mass is 10.3. The molecule has 3 nitrogen and oxygen atoms in total. The van der Waals surface area contributed by atoms with Crippen molar-refractivity contribution in [3.63, 3.8) is 0 Å². The van der Waals surface area contributed by atoms with Crippen LogP contribution in [-0.4, -0.2) is 15.0 Å². The number of aromatic nitrogens is 3. The molecule has 1 aromatic carbocycles. The molecule has 0 saturated carbocycles. The number of hydrogen-bond acceptors (Lipinski definition) is 2. The standard InChI is InChI=1S/C10H11BrFN3/c1-2-3-4-15-10-6-8(12)7(11)5-9(10)13-14-15/h5-6H,2-4H2,1H3. The van der Waals surface area contributed by atoms with Crippen LogP contribution in [0.15, 0.2) is 16.6 Å². The summed E-state index contributed by atoms with van der Waals surface area (Å²) in [5, 5.41) is 7.98. The van der Waals surface area contributed by atoms with Crippen molar-refractivity contribution in [1.29, 1.82) is 0 Å². The van der Waals surface area contributed by atoms with Gasteiger partial charge in [-0.25, -0.2) is 9.07 Å². The number of aryl methyl sites for hydroxylation is 1. The molecule has 0 aliphatic rings. The maximum atomic E-state index is 13.3. The molecule has 80 valence electrons. The third-order valence-corrected chi connectivity index (χ3v) is 2.89. The van der Waals surface area contributed by atoms with E-state index in [1.54, 1.807) is 10.7 Å². The van der Waals surface area contributed by atoms with E-state index in [4.69, 9.17) is 0 Å². The van der Waals surface area contributed by atoms with Crippen molar-refractivity contribution < 1.29 is 4.39 Å². The van der Waals surface area contributed by atoms with Crippen molar-refractivity contribution >= 4 is 27.0 Å². The van der Waals surface area contributed by atoms with E-state index in [0.29, 0.717) is 4.47 Å². The SMILES string of the molecule is CCCCn1nnc2cc(Br)c(F)cc21. The average molecular weight is 272 g/mol. The van der Waals surface area contributed by atoms with E-state index >= 15 is 0 Å². The third kappa shape index (κ3) is 2.02. The predicted octanol–water partition coefficient (Wildman–Crippen LogP) is 3.13. The molecule has 0 saturated heterocycles. The molecule has 2 rings (SSSR count). The zero-order valence-electron chi connectivity index (χ0n) is 8.37. The van der Waals surface area contributed by atoms with Gasteiger partial charge in [0, 0.05) is 12.6 Å². The Bertz CT molecular complexity index is 481. The van der Waals surface area contributed by atoms with Gasteiger partial charge >= 0.3 is 0 Å². The zero-order chi connectivity index (χ0) is 10.8. The fourth-order valence-electron chi connectivity index (χ4n) is 1.44. The van der Waals surface area contributed by atoms with E-state index in [-0.39, 0.29) is 5.82 Å². The molecule has 1 heterocycles. The van der Waals surface area contributed by atoms with E-state index in [0.717, 1.165) is 30.4 Å². The second kappa shape index (κ2) is 4.26. The number of fused-ring (bicyclic) bond motifs is 1. The van der Waals surface area contributed by atoms with Crippen LogP contribution in [0.3, 0.4) is 0 Å². The van der Waals surface area contributed by atoms with Gasteiger partial charge < -0.3 is 0 Å². The lowest BCUT2D eigenvalue weighted by Crippen LogP contribution is -1.99. The molecule has 0 radical (unpaired) electrons. The Labute approximate surface area is 95.4 Å². The van der Waals surface area contributed by atoms with Crippen molar-refractivity contribution in [2.45, 2.75) is 26.3 Å². The van der Waals surface area contributed by atoms with E-state index < -0.39 is 0 Å². The number of hydrogen-bond donors (Lipinski definition) is 0. The van der Waals surface area contributed by atoms with E-state index in [1.165, 1.54) is 6.07 Å². The largest absolute Gasteiger partial charge is 0.245 e. The number of nitrogens with zero attached hydrogens (tertiary/aromatic N) is 3. The molecule has 0 unspecified atom stereocenters. The summed E-state index contributed by atoms with van der Waals surface area (Å²) in [6, 6.07) is 3.12. The van der Waals surface area contributed by atoms with Gasteiger partial charge in [-0.05, 0) is 28.4 Å². The Kier molecular flexibility index (Phi) is 3.00. The summed E-state index contributed by atoms with van der Waals surface area (Å²) in [5.41, 5.74) is 1.48. The van der Waals surface area contributed by atoms with Crippen molar-refractivity contribution in [2.24, 2.45) is 0 Å². The molecule has 0 amide bonds. The molecule has 0 aliphatic carbocycles. The monoisotopic (exact) mass is 271 g/mol. The number of unbranched alkanes of at least 4 members (excludes halogenated alkanes) is 1. The maximum absolute atomic E-state index is 13.3. The fraction of sp³-hybridized carbons (Fsp3) is 0.400. The number of rotatable bonds is 3. The molecule has 2 aromatic rings. The Morgan fingerprint density at radius 1 is 1.47 bits per heavy atom. The highest BCUT2D eigenvalue weighted by molar-refractivity contribution is 9.10. The topological polar surface area (TPSA) is 30.7 Å². The minimum atomic E-state index is -0.275. The quantitative estimate of drug-likeness (QED) is 0.859. The molecular weight excluding hydrogens is 261 g/mol. The summed E-state index contributed by atoms with van der Waals surface area (Å²) < 4.78 is 15.5. The second-order valence-corrected chi connectivity index (χ2v) is 4.28. The van der Waals surface area contributed by atoms with Gasteiger partial charge in [0.2, 0.25) is 0 Å². The predicted molar refractivity (Wildman–Crippen MR) is 60.1 cm³/mol. The van der Waals surface area contributed by atoms with Crippen molar-refractivity contribution in [1.82, 2.24) is 15.0 Å². The summed E-state index contributed by atoms with van der Waals surface area (Å²) in [5.74, 6) is -0.275. The Balaban J connectivity index is 2.45. The Morgan fingerprint density at radius 2 is 2.27 bits per heavy atom. The fourth-order valence-corrected chi connectivity index (χ4v) is 1.77. The van der Waals surface area contributed by atoms with Crippen LogP contribution in [0.25, 0.3) is 11.0 Å². The lowest BCUT2D eigenvalue weighted by Gasteiger charge is -2.00. The number of halogens is 2. The van der Waals surface area contributed by atoms with E-state index in [9.17, 15) is 4.39 Å². The molecule has 15 heavy (non-hydrogen) atoms.